The first kappa shape index (κ1) is 21.2. The number of nitrogens with one attached hydrogen (secondary N) is 1. The number of benzene rings is 2. The molecule has 10 heteroatoms. The Morgan fingerprint density at radius 1 is 1.17 bits per heavy atom. The lowest BCUT2D eigenvalue weighted by Gasteiger charge is -2.20. The lowest BCUT2D eigenvalue weighted by molar-refractivity contribution is -0.0498. The van der Waals surface area contributed by atoms with Crippen molar-refractivity contribution in [3.05, 3.63) is 65.8 Å². The second kappa shape index (κ2) is 9.29. The first-order valence-corrected chi connectivity index (χ1v) is 8.96. The van der Waals surface area contributed by atoms with Crippen LogP contribution in [0.2, 0.25) is 0 Å². The topological polar surface area (TPSA) is 80.5 Å². The molecule has 2 amide bonds. The van der Waals surface area contributed by atoms with Crippen LogP contribution in [0.25, 0.3) is 11.4 Å². The number of ether oxygens (including phenoxy) is 1. The first-order valence-electron chi connectivity index (χ1n) is 8.96. The number of halogens is 3. The van der Waals surface area contributed by atoms with Crippen LogP contribution in [0.15, 0.2) is 53.1 Å². The lowest BCUT2D eigenvalue weighted by atomic mass is 10.2. The van der Waals surface area contributed by atoms with Crippen LogP contribution in [0, 0.1) is 5.82 Å². The number of hydrogen-bond donors (Lipinski definition) is 1. The second-order valence-corrected chi connectivity index (χ2v) is 6.51. The molecule has 0 radical (unpaired) electrons. The van der Waals surface area contributed by atoms with E-state index in [0.717, 1.165) is 5.56 Å². The molecule has 0 aliphatic carbocycles. The summed E-state index contributed by atoms with van der Waals surface area (Å²) in [5.41, 5.74) is 1.32. The predicted molar refractivity (Wildman–Crippen MR) is 101 cm³/mol. The lowest BCUT2D eigenvalue weighted by Crippen LogP contribution is -2.38. The zero-order valence-corrected chi connectivity index (χ0v) is 16.2. The quantitative estimate of drug-likeness (QED) is 0.614. The number of aromatic nitrogens is 2. The Balaban J connectivity index is 1.56. The van der Waals surface area contributed by atoms with Gasteiger partial charge in [0.05, 0.1) is 0 Å². The molecule has 158 valence electrons. The smallest absolute Gasteiger partial charge is 0.387 e. The Kier molecular flexibility index (Phi) is 6.55. The molecule has 1 aromatic heterocycles. The third-order valence-corrected chi connectivity index (χ3v) is 4.17. The van der Waals surface area contributed by atoms with Crippen LogP contribution in [0.3, 0.4) is 0 Å². The SMILES string of the molecule is CC(NC(=O)N(C)Cc1ccc(OC(F)F)cc1)c1nc(-c2ccc(F)cc2)no1. The number of urea groups is 1. The maximum Gasteiger partial charge on any atom is 0.387 e. The average Bonchev–Trinajstić information content (AvgIpc) is 3.20. The minimum atomic E-state index is -2.89. The predicted octanol–water partition coefficient (Wildman–Crippen LogP) is 4.38. The summed E-state index contributed by atoms with van der Waals surface area (Å²) in [7, 11) is 1.59. The van der Waals surface area contributed by atoms with E-state index < -0.39 is 18.7 Å². The van der Waals surface area contributed by atoms with Gasteiger partial charge in [-0.1, -0.05) is 17.3 Å². The zero-order valence-electron chi connectivity index (χ0n) is 16.2. The molecule has 0 bridgehead atoms. The third-order valence-electron chi connectivity index (χ3n) is 4.17. The fourth-order valence-corrected chi connectivity index (χ4v) is 2.61. The molecule has 2 aromatic carbocycles. The van der Waals surface area contributed by atoms with E-state index in [1.165, 1.54) is 41.3 Å². The van der Waals surface area contributed by atoms with Gasteiger partial charge in [-0.3, -0.25) is 0 Å². The molecule has 0 saturated carbocycles. The molecule has 7 nitrogen and oxygen atoms in total. The Hall–Kier alpha value is -3.56. The highest BCUT2D eigenvalue weighted by atomic mass is 19.3. The molecule has 30 heavy (non-hydrogen) atoms. The molecule has 0 aliphatic heterocycles. The minimum Gasteiger partial charge on any atom is -0.435 e. The van der Waals surface area contributed by atoms with E-state index in [4.69, 9.17) is 4.52 Å². The molecule has 1 N–H and O–H groups in total. The highest BCUT2D eigenvalue weighted by Gasteiger charge is 2.19. The monoisotopic (exact) mass is 420 g/mol. The van der Waals surface area contributed by atoms with Crippen LogP contribution >= 0.6 is 0 Å². The Morgan fingerprint density at radius 3 is 2.47 bits per heavy atom. The number of rotatable bonds is 7. The largest absolute Gasteiger partial charge is 0.435 e. The Morgan fingerprint density at radius 2 is 1.83 bits per heavy atom. The number of hydrogen-bond acceptors (Lipinski definition) is 5. The molecule has 1 heterocycles. The second-order valence-electron chi connectivity index (χ2n) is 6.51. The summed E-state index contributed by atoms with van der Waals surface area (Å²) in [6.45, 7) is -0.957. The van der Waals surface area contributed by atoms with Crippen LogP contribution in [-0.4, -0.2) is 34.7 Å². The van der Waals surface area contributed by atoms with Crippen molar-refractivity contribution < 1.29 is 27.2 Å². The summed E-state index contributed by atoms with van der Waals surface area (Å²) in [5.74, 6) is 0.153. The van der Waals surface area contributed by atoms with Crippen LogP contribution in [0.5, 0.6) is 5.75 Å². The van der Waals surface area contributed by atoms with E-state index in [1.54, 1.807) is 26.1 Å². The van der Waals surface area contributed by atoms with Crippen molar-refractivity contribution in [1.82, 2.24) is 20.4 Å². The van der Waals surface area contributed by atoms with E-state index in [-0.39, 0.29) is 29.8 Å². The highest BCUT2D eigenvalue weighted by Crippen LogP contribution is 2.19. The summed E-state index contributed by atoms with van der Waals surface area (Å²) in [6.07, 6.45) is 0. The summed E-state index contributed by atoms with van der Waals surface area (Å²) < 4.78 is 46.9. The van der Waals surface area contributed by atoms with Crippen molar-refractivity contribution in [3.63, 3.8) is 0 Å². The van der Waals surface area contributed by atoms with Gasteiger partial charge < -0.3 is 19.5 Å². The number of alkyl halides is 2. The van der Waals surface area contributed by atoms with E-state index in [1.807, 2.05) is 0 Å². The van der Waals surface area contributed by atoms with Gasteiger partial charge in [0.15, 0.2) is 0 Å². The maximum absolute atomic E-state index is 13.0. The van der Waals surface area contributed by atoms with E-state index in [9.17, 15) is 18.0 Å². The van der Waals surface area contributed by atoms with Gasteiger partial charge in [-0.2, -0.15) is 13.8 Å². The molecule has 0 saturated heterocycles. The van der Waals surface area contributed by atoms with Crippen molar-refractivity contribution in [2.24, 2.45) is 0 Å². The fourth-order valence-electron chi connectivity index (χ4n) is 2.61. The van der Waals surface area contributed by atoms with Gasteiger partial charge in [-0.15, -0.1) is 0 Å². The van der Waals surface area contributed by atoms with Crippen molar-refractivity contribution in [1.29, 1.82) is 0 Å². The van der Waals surface area contributed by atoms with Gasteiger partial charge in [0, 0.05) is 19.2 Å². The van der Waals surface area contributed by atoms with Gasteiger partial charge in [0.1, 0.15) is 17.6 Å². The molecule has 0 spiro atoms. The summed E-state index contributed by atoms with van der Waals surface area (Å²) in [6, 6.07) is 10.7. The van der Waals surface area contributed by atoms with E-state index in [0.29, 0.717) is 5.56 Å². The average molecular weight is 420 g/mol. The molecule has 3 aromatic rings. The van der Waals surface area contributed by atoms with Crippen molar-refractivity contribution in [3.8, 4) is 17.1 Å². The molecular weight excluding hydrogens is 401 g/mol. The van der Waals surface area contributed by atoms with Crippen LogP contribution in [-0.2, 0) is 6.54 Å². The highest BCUT2D eigenvalue weighted by molar-refractivity contribution is 5.74. The van der Waals surface area contributed by atoms with Gasteiger partial charge in [-0.25, -0.2) is 9.18 Å². The van der Waals surface area contributed by atoms with Crippen LogP contribution in [0.4, 0.5) is 18.0 Å². The van der Waals surface area contributed by atoms with Crippen LogP contribution < -0.4 is 10.1 Å². The standard InChI is InChI=1S/C20H19F3N4O3/c1-12(18-25-17(26-30-18)14-5-7-15(21)8-6-14)24-20(28)27(2)11-13-3-9-16(10-4-13)29-19(22)23/h3-10,12,19H,11H2,1-2H3,(H,24,28). The van der Waals surface area contributed by atoms with Crippen molar-refractivity contribution in [2.45, 2.75) is 26.1 Å². The Bertz CT molecular complexity index is 978. The summed E-state index contributed by atoms with van der Waals surface area (Å²) >= 11 is 0. The molecular formula is C20H19F3N4O3. The van der Waals surface area contributed by atoms with Crippen LogP contribution in [0.1, 0.15) is 24.4 Å². The maximum atomic E-state index is 13.0. The molecule has 3 rings (SSSR count). The minimum absolute atomic E-state index is 0.0443. The summed E-state index contributed by atoms with van der Waals surface area (Å²) in [4.78, 5) is 18.1. The molecule has 0 fully saturated rings. The van der Waals surface area contributed by atoms with Crippen molar-refractivity contribution in [2.75, 3.05) is 7.05 Å². The number of nitrogens with zero attached hydrogens (tertiary/aromatic N) is 3. The Labute approximate surface area is 170 Å². The van der Waals surface area contributed by atoms with E-state index in [2.05, 4.69) is 20.2 Å². The number of carbonyl (C=O) groups excluding carboxylic acids is 1. The molecule has 1 unspecified atom stereocenters. The van der Waals surface area contributed by atoms with Gasteiger partial charge >= 0.3 is 12.6 Å². The number of amides is 2. The van der Waals surface area contributed by atoms with Gasteiger partial charge in [0.2, 0.25) is 11.7 Å². The summed E-state index contributed by atoms with van der Waals surface area (Å²) in [5, 5.41) is 6.58. The fraction of sp³-hybridized carbons (Fsp3) is 0.250. The molecule has 1 atom stereocenters. The number of carbonyl (C=O) groups is 1. The van der Waals surface area contributed by atoms with Crippen molar-refractivity contribution >= 4 is 6.03 Å². The normalized spacial score (nSPS) is 11.9. The van der Waals surface area contributed by atoms with Gasteiger partial charge in [-0.05, 0) is 48.9 Å². The van der Waals surface area contributed by atoms with E-state index >= 15 is 0 Å². The third kappa shape index (κ3) is 5.49. The first-order chi connectivity index (χ1) is 14.3. The zero-order chi connectivity index (χ0) is 21.7. The van der Waals surface area contributed by atoms with Gasteiger partial charge in [0.25, 0.3) is 0 Å². The molecule has 0 aliphatic rings.